The minimum atomic E-state index is -0.517. The van der Waals surface area contributed by atoms with E-state index in [1.807, 2.05) is 13.8 Å². The fraction of sp³-hybridized carbons (Fsp3) is 0.368. The van der Waals surface area contributed by atoms with Crippen molar-refractivity contribution < 1.29 is 13.9 Å². The number of fused-ring (bicyclic) bond motifs is 1. The molecular formula is C19H19FN4O3S. The van der Waals surface area contributed by atoms with Crippen LogP contribution < -0.4 is 10.3 Å². The lowest BCUT2D eigenvalue weighted by Crippen LogP contribution is -2.33. The van der Waals surface area contributed by atoms with E-state index in [9.17, 15) is 14.0 Å². The summed E-state index contributed by atoms with van der Waals surface area (Å²) in [4.78, 5) is 31.6. The van der Waals surface area contributed by atoms with E-state index in [4.69, 9.17) is 4.74 Å². The lowest BCUT2D eigenvalue weighted by Gasteiger charge is -2.21. The molecule has 9 heteroatoms. The summed E-state index contributed by atoms with van der Waals surface area (Å²) in [5.41, 5.74) is 0.494. The van der Waals surface area contributed by atoms with E-state index in [0.717, 1.165) is 18.5 Å². The van der Waals surface area contributed by atoms with Crippen LogP contribution in [-0.4, -0.2) is 32.1 Å². The van der Waals surface area contributed by atoms with Crippen LogP contribution in [0.3, 0.4) is 0 Å². The summed E-state index contributed by atoms with van der Waals surface area (Å²) < 4.78 is 19.7. The van der Waals surface area contributed by atoms with E-state index in [1.54, 1.807) is 4.90 Å². The molecule has 1 fully saturated rings. The van der Waals surface area contributed by atoms with Gasteiger partial charge in [-0.05, 0) is 43.0 Å². The van der Waals surface area contributed by atoms with Crippen molar-refractivity contribution in [1.29, 1.82) is 0 Å². The van der Waals surface area contributed by atoms with Gasteiger partial charge in [-0.15, -0.1) is 0 Å². The first-order chi connectivity index (χ1) is 13.4. The van der Waals surface area contributed by atoms with E-state index < -0.39 is 11.9 Å². The molecule has 1 aromatic carbocycles. The number of likely N-dealkylation sites (tertiary alicyclic amines) is 1. The number of hydrogen-bond acceptors (Lipinski definition) is 6. The zero-order valence-electron chi connectivity index (χ0n) is 15.5. The first-order valence-electron chi connectivity index (χ1n) is 9.07. The summed E-state index contributed by atoms with van der Waals surface area (Å²) in [6, 6.07) is 6.52. The first-order valence-corrected chi connectivity index (χ1v) is 9.89. The summed E-state index contributed by atoms with van der Waals surface area (Å²) in [5.74, 6) is 0.0183. The molecule has 1 atom stereocenters. The molecule has 3 heterocycles. The average Bonchev–Trinajstić information content (AvgIpc) is 3.30. The molecule has 1 amide bonds. The van der Waals surface area contributed by atoms with Gasteiger partial charge in [0.15, 0.2) is 0 Å². The number of aromatic nitrogens is 3. The number of hydrogen-bond donors (Lipinski definition) is 0. The van der Waals surface area contributed by atoms with Gasteiger partial charge in [0.2, 0.25) is 4.96 Å². The van der Waals surface area contributed by atoms with Gasteiger partial charge in [0, 0.05) is 12.6 Å². The predicted molar refractivity (Wildman–Crippen MR) is 102 cm³/mol. The molecule has 0 aliphatic carbocycles. The van der Waals surface area contributed by atoms with E-state index in [1.165, 1.54) is 46.2 Å². The molecule has 146 valence electrons. The van der Waals surface area contributed by atoms with Crippen LogP contribution >= 0.6 is 11.3 Å². The van der Waals surface area contributed by atoms with Gasteiger partial charge in [0.05, 0.1) is 11.7 Å². The monoisotopic (exact) mass is 402 g/mol. The fourth-order valence-corrected chi connectivity index (χ4v) is 4.24. The Labute approximate surface area is 164 Å². The van der Waals surface area contributed by atoms with E-state index in [-0.39, 0.29) is 23.3 Å². The second-order valence-corrected chi connectivity index (χ2v) is 7.97. The van der Waals surface area contributed by atoms with E-state index in [0.29, 0.717) is 16.5 Å². The Hall–Kier alpha value is -2.81. The topological polar surface area (TPSA) is 76.8 Å². The van der Waals surface area contributed by atoms with Crippen LogP contribution in [0.1, 0.15) is 49.4 Å². The number of carbonyl (C=O) groups is 1. The molecule has 3 aromatic rings. The zero-order valence-corrected chi connectivity index (χ0v) is 16.3. The molecular weight excluding hydrogens is 383 g/mol. The van der Waals surface area contributed by atoms with Gasteiger partial charge < -0.3 is 4.74 Å². The van der Waals surface area contributed by atoms with Gasteiger partial charge in [-0.1, -0.05) is 25.2 Å². The Morgan fingerprint density at radius 1 is 1.32 bits per heavy atom. The molecule has 0 spiro atoms. The molecule has 0 radical (unpaired) electrons. The van der Waals surface area contributed by atoms with Crippen molar-refractivity contribution in [2.24, 2.45) is 0 Å². The zero-order chi connectivity index (χ0) is 19.8. The Morgan fingerprint density at radius 2 is 2.07 bits per heavy atom. The van der Waals surface area contributed by atoms with Gasteiger partial charge in [0.1, 0.15) is 16.6 Å². The number of benzene rings is 1. The molecule has 2 aromatic heterocycles. The summed E-state index contributed by atoms with van der Waals surface area (Å²) in [7, 11) is 0. The Morgan fingerprint density at radius 3 is 2.79 bits per heavy atom. The summed E-state index contributed by atoms with van der Waals surface area (Å²) in [6.07, 6.45) is 1.01. The SMILES string of the molecule is CC(C)c1cc(=O)n2nc(C3CCCN3C(=O)Oc3ccc(F)cc3)sc2n1. The highest BCUT2D eigenvalue weighted by Gasteiger charge is 2.34. The lowest BCUT2D eigenvalue weighted by molar-refractivity contribution is 0.147. The summed E-state index contributed by atoms with van der Waals surface area (Å²) in [6.45, 7) is 4.48. The van der Waals surface area contributed by atoms with Crippen LogP contribution in [0, 0.1) is 5.82 Å². The van der Waals surface area contributed by atoms with Crippen LogP contribution in [-0.2, 0) is 0 Å². The van der Waals surface area contributed by atoms with Crippen molar-refractivity contribution in [3.8, 4) is 5.75 Å². The third-order valence-electron chi connectivity index (χ3n) is 4.66. The second kappa shape index (κ2) is 7.31. The van der Waals surface area contributed by atoms with Crippen molar-refractivity contribution >= 4 is 22.4 Å². The Bertz CT molecular complexity index is 1080. The number of nitrogens with zero attached hydrogens (tertiary/aromatic N) is 4. The van der Waals surface area contributed by atoms with E-state index >= 15 is 0 Å². The maximum Gasteiger partial charge on any atom is 0.415 e. The molecule has 1 unspecified atom stereocenters. The molecule has 4 rings (SSSR count). The van der Waals surface area contributed by atoms with Crippen molar-refractivity contribution in [3.05, 3.63) is 57.2 Å². The highest BCUT2D eigenvalue weighted by Crippen LogP contribution is 2.34. The molecule has 1 aliphatic heterocycles. The van der Waals surface area contributed by atoms with Gasteiger partial charge in [0.25, 0.3) is 5.56 Å². The lowest BCUT2D eigenvalue weighted by atomic mass is 10.1. The normalized spacial score (nSPS) is 16.9. The number of carbonyl (C=O) groups excluding carboxylic acids is 1. The van der Waals surface area contributed by atoms with Crippen LogP contribution in [0.25, 0.3) is 4.96 Å². The first kappa shape index (κ1) is 18.5. The molecule has 0 N–H and O–H groups in total. The molecule has 1 aliphatic rings. The highest BCUT2D eigenvalue weighted by molar-refractivity contribution is 7.16. The van der Waals surface area contributed by atoms with Gasteiger partial charge >= 0.3 is 6.09 Å². The number of amides is 1. The maximum atomic E-state index is 13.0. The smallest absolute Gasteiger partial charge is 0.410 e. The van der Waals surface area contributed by atoms with Gasteiger partial charge in [-0.2, -0.15) is 9.61 Å². The largest absolute Gasteiger partial charge is 0.415 e. The van der Waals surface area contributed by atoms with E-state index in [2.05, 4.69) is 10.1 Å². The quantitative estimate of drug-likeness (QED) is 0.667. The molecule has 0 bridgehead atoms. The Balaban J connectivity index is 1.60. The van der Waals surface area contributed by atoms with Crippen LogP contribution in [0.15, 0.2) is 35.1 Å². The Kier molecular flexibility index (Phi) is 4.84. The van der Waals surface area contributed by atoms with Gasteiger partial charge in [-0.25, -0.2) is 14.2 Å². The molecule has 0 saturated carbocycles. The highest BCUT2D eigenvalue weighted by atomic mass is 32.1. The molecule has 1 saturated heterocycles. The van der Waals surface area contributed by atoms with Crippen molar-refractivity contribution in [2.45, 2.75) is 38.6 Å². The number of halogens is 1. The minimum absolute atomic E-state index is 0.136. The fourth-order valence-electron chi connectivity index (χ4n) is 3.18. The third kappa shape index (κ3) is 3.49. The van der Waals surface area contributed by atoms with Gasteiger partial charge in [-0.3, -0.25) is 9.69 Å². The molecule has 28 heavy (non-hydrogen) atoms. The number of rotatable bonds is 3. The molecule has 7 nitrogen and oxygen atoms in total. The standard InChI is InChI=1S/C19H19FN4O3S/c1-11(2)14-10-16(25)24-18(21-14)28-17(22-24)15-4-3-9-23(15)19(26)27-13-7-5-12(20)6-8-13/h5-8,10-11,15H,3-4,9H2,1-2H3. The summed E-state index contributed by atoms with van der Waals surface area (Å²) in [5, 5.41) is 5.06. The second-order valence-electron chi connectivity index (χ2n) is 6.98. The summed E-state index contributed by atoms with van der Waals surface area (Å²) >= 11 is 1.31. The van der Waals surface area contributed by atoms with Crippen molar-refractivity contribution in [3.63, 3.8) is 0 Å². The third-order valence-corrected chi connectivity index (χ3v) is 5.67. The minimum Gasteiger partial charge on any atom is -0.410 e. The van der Waals surface area contributed by atoms with Crippen molar-refractivity contribution in [1.82, 2.24) is 19.5 Å². The predicted octanol–water partition coefficient (Wildman–Crippen LogP) is 3.75. The van der Waals surface area contributed by atoms with Crippen molar-refractivity contribution in [2.75, 3.05) is 6.54 Å². The van der Waals surface area contributed by atoms with Crippen LogP contribution in [0.4, 0.5) is 9.18 Å². The van der Waals surface area contributed by atoms with Crippen LogP contribution in [0.5, 0.6) is 5.75 Å². The number of ether oxygens (including phenoxy) is 1. The maximum absolute atomic E-state index is 13.0. The average molecular weight is 402 g/mol. The van der Waals surface area contributed by atoms with Crippen LogP contribution in [0.2, 0.25) is 0 Å².